The van der Waals surface area contributed by atoms with E-state index in [-0.39, 0.29) is 0 Å². The van der Waals surface area contributed by atoms with Crippen molar-refractivity contribution in [3.05, 3.63) is 0 Å². The molecule has 0 spiro atoms. The Bertz CT molecular complexity index is 223. The van der Waals surface area contributed by atoms with E-state index in [4.69, 9.17) is 0 Å². The summed E-state index contributed by atoms with van der Waals surface area (Å²) in [4.78, 5) is 2.72. The largest absolute Gasteiger partial charge is 0.312 e. The average molecular weight is 252 g/mol. The van der Waals surface area contributed by atoms with Crippen LogP contribution in [-0.4, -0.2) is 36.6 Å². The third kappa shape index (κ3) is 3.96. The third-order valence-corrected chi connectivity index (χ3v) is 5.00. The van der Waals surface area contributed by atoms with E-state index in [0.717, 1.165) is 18.0 Å². The Hall–Kier alpha value is -0.0800. The molecule has 0 aromatic rings. The molecule has 1 N–H and O–H groups in total. The lowest BCUT2D eigenvalue weighted by molar-refractivity contribution is 0.179. The first-order chi connectivity index (χ1) is 8.81. The molecule has 1 aliphatic heterocycles. The zero-order chi connectivity index (χ0) is 12.8. The normalized spacial score (nSPS) is 28.7. The molecule has 1 saturated carbocycles. The summed E-state index contributed by atoms with van der Waals surface area (Å²) < 4.78 is 0. The lowest BCUT2D eigenvalue weighted by Gasteiger charge is -2.35. The van der Waals surface area contributed by atoms with Crippen LogP contribution in [0.1, 0.15) is 65.2 Å². The van der Waals surface area contributed by atoms with Crippen molar-refractivity contribution >= 4 is 0 Å². The lowest BCUT2D eigenvalue weighted by atomic mass is 9.83. The van der Waals surface area contributed by atoms with E-state index in [9.17, 15) is 0 Å². The maximum atomic E-state index is 3.84. The van der Waals surface area contributed by atoms with E-state index in [1.165, 1.54) is 71.0 Å². The fraction of sp³-hybridized carbons (Fsp3) is 1.00. The summed E-state index contributed by atoms with van der Waals surface area (Å²) in [6, 6.07) is 1.57. The second-order valence-electron chi connectivity index (χ2n) is 6.44. The molecule has 0 amide bonds. The van der Waals surface area contributed by atoms with Gasteiger partial charge in [0.15, 0.2) is 0 Å². The molecule has 0 aromatic carbocycles. The fourth-order valence-electron chi connectivity index (χ4n) is 3.76. The minimum Gasteiger partial charge on any atom is -0.312 e. The SMILES string of the molecule is CCCNC(CN1CCCC1C)C1CCCCC1. The molecule has 0 aromatic heterocycles. The molecule has 2 rings (SSSR count). The third-order valence-electron chi connectivity index (χ3n) is 5.00. The molecule has 1 saturated heterocycles. The van der Waals surface area contributed by atoms with Crippen LogP contribution in [0, 0.1) is 5.92 Å². The van der Waals surface area contributed by atoms with E-state index in [2.05, 4.69) is 24.1 Å². The summed E-state index contributed by atoms with van der Waals surface area (Å²) in [7, 11) is 0. The second-order valence-corrected chi connectivity index (χ2v) is 6.44. The number of hydrogen-bond acceptors (Lipinski definition) is 2. The van der Waals surface area contributed by atoms with Crippen LogP contribution in [0.2, 0.25) is 0 Å². The molecule has 2 unspecified atom stereocenters. The van der Waals surface area contributed by atoms with Crippen molar-refractivity contribution < 1.29 is 0 Å². The molecule has 1 heterocycles. The Morgan fingerprint density at radius 3 is 2.50 bits per heavy atom. The van der Waals surface area contributed by atoms with Gasteiger partial charge >= 0.3 is 0 Å². The minimum absolute atomic E-state index is 0.755. The fourth-order valence-corrected chi connectivity index (χ4v) is 3.76. The quantitative estimate of drug-likeness (QED) is 0.779. The van der Waals surface area contributed by atoms with E-state index in [1.54, 1.807) is 0 Å². The minimum atomic E-state index is 0.755. The monoisotopic (exact) mass is 252 g/mol. The highest BCUT2D eigenvalue weighted by Crippen LogP contribution is 2.28. The van der Waals surface area contributed by atoms with Gasteiger partial charge in [0.1, 0.15) is 0 Å². The van der Waals surface area contributed by atoms with Gasteiger partial charge in [-0.1, -0.05) is 26.2 Å². The van der Waals surface area contributed by atoms with E-state index in [0.29, 0.717) is 0 Å². The van der Waals surface area contributed by atoms with Crippen LogP contribution in [0.4, 0.5) is 0 Å². The molecule has 18 heavy (non-hydrogen) atoms. The number of hydrogen-bond donors (Lipinski definition) is 1. The van der Waals surface area contributed by atoms with Gasteiger partial charge in [-0.05, 0) is 58.0 Å². The number of likely N-dealkylation sites (tertiary alicyclic amines) is 1. The highest BCUT2D eigenvalue weighted by Gasteiger charge is 2.28. The molecule has 2 atom stereocenters. The molecule has 2 nitrogen and oxygen atoms in total. The van der Waals surface area contributed by atoms with Crippen molar-refractivity contribution in [2.24, 2.45) is 5.92 Å². The Balaban J connectivity index is 1.86. The number of rotatable bonds is 6. The van der Waals surface area contributed by atoms with Crippen molar-refractivity contribution in [1.82, 2.24) is 10.2 Å². The first kappa shape index (κ1) is 14.3. The van der Waals surface area contributed by atoms with Gasteiger partial charge in [0, 0.05) is 18.6 Å². The predicted octanol–water partition coefficient (Wildman–Crippen LogP) is 3.42. The molecule has 0 radical (unpaired) electrons. The molecule has 2 heteroatoms. The van der Waals surface area contributed by atoms with Crippen molar-refractivity contribution in [3.63, 3.8) is 0 Å². The Morgan fingerprint density at radius 1 is 1.11 bits per heavy atom. The highest BCUT2D eigenvalue weighted by atomic mass is 15.2. The van der Waals surface area contributed by atoms with Crippen LogP contribution in [0.3, 0.4) is 0 Å². The molecule has 2 fully saturated rings. The van der Waals surface area contributed by atoms with Crippen LogP contribution in [0.5, 0.6) is 0 Å². The van der Waals surface area contributed by atoms with Crippen molar-refractivity contribution in [2.75, 3.05) is 19.6 Å². The highest BCUT2D eigenvalue weighted by molar-refractivity contribution is 4.85. The summed E-state index contributed by atoms with van der Waals surface area (Å²) in [5.41, 5.74) is 0. The van der Waals surface area contributed by atoms with Gasteiger partial charge in [0.2, 0.25) is 0 Å². The second kappa shape index (κ2) is 7.49. The Kier molecular flexibility index (Phi) is 5.97. The molecule has 1 aliphatic carbocycles. The Labute approximate surface area is 114 Å². The van der Waals surface area contributed by atoms with E-state index >= 15 is 0 Å². The molecule has 2 aliphatic rings. The zero-order valence-electron chi connectivity index (χ0n) is 12.5. The standard InChI is InChI=1S/C16H32N2/c1-3-11-17-16(15-9-5-4-6-10-15)13-18-12-7-8-14(18)2/h14-17H,3-13H2,1-2H3. The van der Waals surface area contributed by atoms with Crippen molar-refractivity contribution in [3.8, 4) is 0 Å². The van der Waals surface area contributed by atoms with E-state index in [1.807, 2.05) is 0 Å². The van der Waals surface area contributed by atoms with Gasteiger partial charge in [0.05, 0.1) is 0 Å². The number of nitrogens with one attached hydrogen (secondary N) is 1. The molecule has 106 valence electrons. The first-order valence-electron chi connectivity index (χ1n) is 8.28. The van der Waals surface area contributed by atoms with Crippen LogP contribution < -0.4 is 5.32 Å². The Morgan fingerprint density at radius 2 is 1.89 bits per heavy atom. The molecular formula is C16H32N2. The number of nitrogens with zero attached hydrogens (tertiary/aromatic N) is 1. The van der Waals surface area contributed by atoms with Crippen LogP contribution >= 0.6 is 0 Å². The zero-order valence-corrected chi connectivity index (χ0v) is 12.5. The summed E-state index contributed by atoms with van der Waals surface area (Å²) in [5, 5.41) is 3.84. The maximum Gasteiger partial charge on any atom is 0.0223 e. The topological polar surface area (TPSA) is 15.3 Å². The van der Waals surface area contributed by atoms with Gasteiger partial charge in [-0.3, -0.25) is 4.90 Å². The molecule has 0 bridgehead atoms. The van der Waals surface area contributed by atoms with Gasteiger partial charge in [-0.25, -0.2) is 0 Å². The van der Waals surface area contributed by atoms with Gasteiger partial charge in [0.25, 0.3) is 0 Å². The summed E-state index contributed by atoms with van der Waals surface area (Å²) in [5.74, 6) is 0.943. The summed E-state index contributed by atoms with van der Waals surface area (Å²) in [6.07, 6.45) is 11.4. The van der Waals surface area contributed by atoms with Crippen molar-refractivity contribution in [1.29, 1.82) is 0 Å². The predicted molar refractivity (Wildman–Crippen MR) is 78.9 cm³/mol. The van der Waals surface area contributed by atoms with Gasteiger partial charge in [-0.15, -0.1) is 0 Å². The van der Waals surface area contributed by atoms with E-state index < -0.39 is 0 Å². The average Bonchev–Trinajstić information content (AvgIpc) is 2.81. The maximum absolute atomic E-state index is 3.84. The van der Waals surface area contributed by atoms with Crippen LogP contribution in [0.25, 0.3) is 0 Å². The van der Waals surface area contributed by atoms with Gasteiger partial charge < -0.3 is 5.32 Å². The molecular weight excluding hydrogens is 220 g/mol. The van der Waals surface area contributed by atoms with Crippen LogP contribution in [-0.2, 0) is 0 Å². The first-order valence-corrected chi connectivity index (χ1v) is 8.28. The van der Waals surface area contributed by atoms with Gasteiger partial charge in [-0.2, -0.15) is 0 Å². The lowest BCUT2D eigenvalue weighted by Crippen LogP contribution is -2.47. The van der Waals surface area contributed by atoms with Crippen molar-refractivity contribution in [2.45, 2.75) is 77.3 Å². The summed E-state index contributed by atoms with van der Waals surface area (Å²) >= 11 is 0. The van der Waals surface area contributed by atoms with Crippen LogP contribution in [0.15, 0.2) is 0 Å². The smallest absolute Gasteiger partial charge is 0.0223 e. The summed E-state index contributed by atoms with van der Waals surface area (Å²) in [6.45, 7) is 8.52.